The molecule has 25 heavy (non-hydrogen) atoms. The van der Waals surface area contributed by atoms with Gasteiger partial charge in [-0.1, -0.05) is 12.8 Å². The summed E-state index contributed by atoms with van der Waals surface area (Å²) in [7, 11) is 0. The molecule has 0 bridgehead atoms. The predicted molar refractivity (Wildman–Crippen MR) is 103 cm³/mol. The second-order valence-corrected chi connectivity index (χ2v) is 9.09. The fourth-order valence-corrected chi connectivity index (χ4v) is 5.90. The van der Waals surface area contributed by atoms with Gasteiger partial charge in [0.05, 0.1) is 11.1 Å². The van der Waals surface area contributed by atoms with Crippen molar-refractivity contribution in [3.05, 3.63) is 26.6 Å². The van der Waals surface area contributed by atoms with Crippen LogP contribution in [0.4, 0.5) is 0 Å². The number of hydrogen-bond acceptors (Lipinski definition) is 5. The summed E-state index contributed by atoms with van der Waals surface area (Å²) in [6.45, 7) is 0. The Bertz CT molecular complexity index is 837. The van der Waals surface area contributed by atoms with E-state index in [0.29, 0.717) is 18.2 Å². The van der Waals surface area contributed by atoms with E-state index in [1.807, 2.05) is 0 Å². The van der Waals surface area contributed by atoms with E-state index in [0.717, 1.165) is 53.9 Å². The number of carbonyl (C=O) groups excluding carboxylic acids is 1. The molecule has 4 rings (SSSR count). The third kappa shape index (κ3) is 3.77. The van der Waals surface area contributed by atoms with E-state index >= 15 is 0 Å². The normalized spacial score (nSPS) is 17.3. The topological polar surface area (TPSA) is 74.8 Å². The van der Waals surface area contributed by atoms with Crippen molar-refractivity contribution < 1.29 is 4.79 Å². The monoisotopic (exact) mass is 377 g/mol. The lowest BCUT2D eigenvalue weighted by Gasteiger charge is -2.11. The highest BCUT2D eigenvalue weighted by molar-refractivity contribution is 7.98. The molecule has 1 fully saturated rings. The van der Waals surface area contributed by atoms with Crippen molar-refractivity contribution in [1.82, 2.24) is 15.3 Å². The van der Waals surface area contributed by atoms with E-state index in [2.05, 4.69) is 15.3 Å². The minimum atomic E-state index is -0.000948. The molecule has 134 valence electrons. The summed E-state index contributed by atoms with van der Waals surface area (Å²) in [5.41, 5.74) is 1.22. The quantitative estimate of drug-likeness (QED) is 0.759. The van der Waals surface area contributed by atoms with E-state index in [4.69, 9.17) is 0 Å². The summed E-state index contributed by atoms with van der Waals surface area (Å²) in [4.78, 5) is 34.1. The Hall–Kier alpha value is -1.34. The Kier molecular flexibility index (Phi) is 5.12. The van der Waals surface area contributed by atoms with Gasteiger partial charge in [-0.15, -0.1) is 11.3 Å². The number of hydrogen-bond donors (Lipinski definition) is 2. The second kappa shape index (κ2) is 7.50. The molecule has 2 aliphatic carbocycles. The summed E-state index contributed by atoms with van der Waals surface area (Å²) in [6, 6.07) is 0.388. The van der Waals surface area contributed by atoms with Crippen LogP contribution < -0.4 is 10.9 Å². The molecular weight excluding hydrogens is 354 g/mol. The number of aromatic nitrogens is 2. The van der Waals surface area contributed by atoms with E-state index in [1.54, 1.807) is 23.1 Å². The zero-order chi connectivity index (χ0) is 17.2. The molecule has 0 aliphatic heterocycles. The molecule has 2 aromatic heterocycles. The van der Waals surface area contributed by atoms with E-state index in [-0.39, 0.29) is 11.5 Å². The third-order valence-electron chi connectivity index (χ3n) is 5.06. The Balaban J connectivity index is 1.31. The van der Waals surface area contributed by atoms with Gasteiger partial charge in [-0.05, 0) is 37.7 Å². The number of thioether (sulfide) groups is 1. The molecule has 1 saturated carbocycles. The molecule has 2 N–H and O–H groups in total. The van der Waals surface area contributed by atoms with Gasteiger partial charge in [0.2, 0.25) is 5.91 Å². The van der Waals surface area contributed by atoms with Gasteiger partial charge >= 0.3 is 0 Å². The van der Waals surface area contributed by atoms with Crippen LogP contribution >= 0.6 is 23.1 Å². The number of nitrogens with one attached hydrogen (secondary N) is 2. The summed E-state index contributed by atoms with van der Waals surface area (Å²) in [6.07, 6.45) is 8.46. The van der Waals surface area contributed by atoms with Crippen LogP contribution in [-0.2, 0) is 23.4 Å². The third-order valence-corrected chi connectivity index (χ3v) is 7.21. The molecular formula is C18H23N3O2S2. The van der Waals surface area contributed by atoms with Crippen LogP contribution in [0.25, 0.3) is 10.2 Å². The molecule has 0 radical (unpaired) electrons. The van der Waals surface area contributed by atoms with E-state index < -0.39 is 0 Å². The van der Waals surface area contributed by atoms with E-state index in [9.17, 15) is 9.59 Å². The predicted octanol–water partition coefficient (Wildman–Crippen LogP) is 3.16. The van der Waals surface area contributed by atoms with Crippen LogP contribution in [0.3, 0.4) is 0 Å². The largest absolute Gasteiger partial charge is 0.353 e. The molecule has 2 heterocycles. The average Bonchev–Trinajstić information content (AvgIpc) is 3.28. The molecule has 7 heteroatoms. The Morgan fingerprint density at radius 2 is 2.12 bits per heavy atom. The summed E-state index contributed by atoms with van der Waals surface area (Å²) < 4.78 is 0. The van der Waals surface area contributed by atoms with Gasteiger partial charge in [-0.2, -0.15) is 11.8 Å². The first-order valence-electron chi connectivity index (χ1n) is 9.11. The first-order chi connectivity index (χ1) is 12.2. The first-order valence-corrected chi connectivity index (χ1v) is 11.1. The van der Waals surface area contributed by atoms with Gasteiger partial charge < -0.3 is 10.3 Å². The number of amides is 1. The minimum absolute atomic E-state index is 0.000948. The summed E-state index contributed by atoms with van der Waals surface area (Å²) in [5.74, 6) is 2.26. The van der Waals surface area contributed by atoms with Crippen molar-refractivity contribution in [2.24, 2.45) is 0 Å². The van der Waals surface area contributed by atoms with Gasteiger partial charge in [-0.3, -0.25) is 9.59 Å². The zero-order valence-corrected chi connectivity index (χ0v) is 15.9. The van der Waals surface area contributed by atoms with Crippen LogP contribution in [0.15, 0.2) is 4.79 Å². The Morgan fingerprint density at radius 3 is 2.96 bits per heavy atom. The van der Waals surface area contributed by atoms with Crippen molar-refractivity contribution in [3.8, 4) is 0 Å². The molecule has 0 aromatic carbocycles. The van der Waals surface area contributed by atoms with Crippen LogP contribution in [0.5, 0.6) is 0 Å². The number of aromatic amines is 1. The number of nitrogens with zero attached hydrogens (tertiary/aromatic N) is 1. The molecule has 2 aliphatic rings. The number of fused-ring (bicyclic) bond motifs is 3. The molecule has 0 spiro atoms. The minimum Gasteiger partial charge on any atom is -0.353 e. The van der Waals surface area contributed by atoms with Gasteiger partial charge in [0, 0.05) is 23.1 Å². The van der Waals surface area contributed by atoms with Gasteiger partial charge in [0.25, 0.3) is 5.56 Å². The Labute approximate surface area is 155 Å². The fraction of sp³-hybridized carbons (Fsp3) is 0.611. The van der Waals surface area contributed by atoms with Crippen molar-refractivity contribution in [2.75, 3.05) is 5.75 Å². The highest BCUT2D eigenvalue weighted by Gasteiger charge is 2.21. The number of rotatable bonds is 6. The number of aryl methyl sites for hydroxylation is 2. The maximum absolute atomic E-state index is 12.4. The average molecular weight is 378 g/mol. The molecule has 0 atom stereocenters. The lowest BCUT2D eigenvalue weighted by atomic mass is 10.2. The first kappa shape index (κ1) is 17.1. The molecule has 5 nitrogen and oxygen atoms in total. The molecule has 1 amide bonds. The van der Waals surface area contributed by atoms with Crippen molar-refractivity contribution in [1.29, 1.82) is 0 Å². The lowest BCUT2D eigenvalue weighted by molar-refractivity contribution is -0.121. The number of H-pyrrole nitrogens is 1. The maximum atomic E-state index is 12.4. The van der Waals surface area contributed by atoms with Crippen molar-refractivity contribution in [2.45, 2.75) is 63.2 Å². The molecule has 0 saturated heterocycles. The highest BCUT2D eigenvalue weighted by Crippen LogP contribution is 2.34. The summed E-state index contributed by atoms with van der Waals surface area (Å²) >= 11 is 3.32. The smallest absolute Gasteiger partial charge is 0.259 e. The van der Waals surface area contributed by atoms with Gasteiger partial charge in [0.15, 0.2) is 0 Å². The van der Waals surface area contributed by atoms with Gasteiger partial charge in [0.1, 0.15) is 10.7 Å². The number of thiophene rings is 1. The fourth-order valence-electron chi connectivity index (χ4n) is 3.82. The van der Waals surface area contributed by atoms with Crippen molar-refractivity contribution >= 4 is 39.2 Å². The van der Waals surface area contributed by atoms with Crippen LogP contribution in [-0.4, -0.2) is 27.7 Å². The SMILES string of the molecule is O=C(CCSCc1nc2sc3c(c2c(=O)[nH]1)CCC3)NC1CCCC1. The van der Waals surface area contributed by atoms with Crippen LogP contribution in [0.2, 0.25) is 0 Å². The maximum Gasteiger partial charge on any atom is 0.259 e. The van der Waals surface area contributed by atoms with E-state index in [1.165, 1.54) is 23.3 Å². The highest BCUT2D eigenvalue weighted by atomic mass is 32.2. The van der Waals surface area contributed by atoms with Crippen molar-refractivity contribution in [3.63, 3.8) is 0 Å². The van der Waals surface area contributed by atoms with Gasteiger partial charge in [-0.25, -0.2) is 4.98 Å². The van der Waals surface area contributed by atoms with Crippen LogP contribution in [0.1, 0.15) is 54.8 Å². The Morgan fingerprint density at radius 1 is 1.28 bits per heavy atom. The number of carbonyl (C=O) groups is 1. The standard InChI is InChI=1S/C18H23N3O2S2/c22-15(19-11-4-1-2-5-11)8-9-24-10-14-20-17(23)16-12-6-3-7-13(12)25-18(16)21-14/h11H,1-10H2,(H,19,22)(H,20,21,23). The molecule has 0 unspecified atom stereocenters. The van der Waals surface area contributed by atoms with Crippen LogP contribution in [0, 0.1) is 0 Å². The molecule has 2 aromatic rings. The lowest BCUT2D eigenvalue weighted by Crippen LogP contribution is -2.32. The summed E-state index contributed by atoms with van der Waals surface area (Å²) in [5, 5.41) is 3.92. The second-order valence-electron chi connectivity index (χ2n) is 6.90. The zero-order valence-electron chi connectivity index (χ0n) is 14.2.